The third kappa shape index (κ3) is 1.86. The molecule has 0 spiro atoms. The highest BCUT2D eigenvalue weighted by molar-refractivity contribution is 7.91. The van der Waals surface area contributed by atoms with Gasteiger partial charge in [0.2, 0.25) is 0 Å². The van der Waals surface area contributed by atoms with E-state index in [9.17, 15) is 13.2 Å². The Bertz CT molecular complexity index is 742. The number of aromatic amines is 1. The quantitative estimate of drug-likeness (QED) is 0.839. The van der Waals surface area contributed by atoms with Gasteiger partial charge in [0, 0.05) is 0 Å². The first kappa shape index (κ1) is 11.5. The molecule has 18 heavy (non-hydrogen) atoms. The molecular weight excluding hydrogens is 252 g/mol. The van der Waals surface area contributed by atoms with E-state index in [0.29, 0.717) is 6.42 Å². The Kier molecular flexibility index (Phi) is 2.55. The molecule has 1 aromatic carbocycles. The van der Waals surface area contributed by atoms with E-state index in [-0.39, 0.29) is 23.2 Å². The zero-order valence-corrected chi connectivity index (χ0v) is 10.6. The van der Waals surface area contributed by atoms with Crippen LogP contribution in [-0.4, -0.2) is 29.5 Å². The van der Waals surface area contributed by atoms with Crippen molar-refractivity contribution in [2.75, 3.05) is 11.5 Å². The monoisotopic (exact) mass is 266 g/mol. The van der Waals surface area contributed by atoms with Crippen LogP contribution in [0.2, 0.25) is 0 Å². The van der Waals surface area contributed by atoms with Crippen LogP contribution in [0.3, 0.4) is 0 Å². The van der Waals surface area contributed by atoms with Gasteiger partial charge in [-0.15, -0.1) is 0 Å². The van der Waals surface area contributed by atoms with Crippen molar-refractivity contribution in [3.05, 3.63) is 34.7 Å². The second kappa shape index (κ2) is 3.98. The first-order valence-electron chi connectivity index (χ1n) is 5.96. The second-order valence-electron chi connectivity index (χ2n) is 4.73. The number of benzene rings is 1. The fraction of sp³-hybridized carbons (Fsp3) is 0.417. The van der Waals surface area contributed by atoms with Gasteiger partial charge >= 0.3 is 5.69 Å². The lowest BCUT2D eigenvalue weighted by atomic mass is 10.2. The molecule has 2 heterocycles. The van der Waals surface area contributed by atoms with E-state index in [1.807, 2.05) is 24.3 Å². The minimum Gasteiger partial charge on any atom is -0.306 e. The normalized spacial score (nSPS) is 23.2. The van der Waals surface area contributed by atoms with Gasteiger partial charge in [-0.1, -0.05) is 12.1 Å². The molecule has 1 atom stereocenters. The summed E-state index contributed by atoms with van der Waals surface area (Å²) in [6.45, 7) is 0. The fourth-order valence-corrected chi connectivity index (χ4v) is 4.31. The van der Waals surface area contributed by atoms with Crippen LogP contribution in [0.5, 0.6) is 0 Å². The van der Waals surface area contributed by atoms with Crippen LogP contribution in [0, 0.1) is 0 Å². The molecule has 0 aliphatic carbocycles. The maximum atomic E-state index is 12.0. The summed E-state index contributed by atoms with van der Waals surface area (Å²) in [6, 6.07) is 7.12. The van der Waals surface area contributed by atoms with Gasteiger partial charge in [-0.05, 0) is 25.0 Å². The average molecular weight is 266 g/mol. The number of hydrogen-bond donors (Lipinski definition) is 1. The molecule has 1 aliphatic heterocycles. The molecule has 6 heteroatoms. The molecule has 96 valence electrons. The molecule has 1 aliphatic rings. The van der Waals surface area contributed by atoms with Gasteiger partial charge in [0.25, 0.3) is 0 Å². The highest BCUT2D eigenvalue weighted by Crippen LogP contribution is 2.24. The van der Waals surface area contributed by atoms with E-state index in [2.05, 4.69) is 4.98 Å². The SMILES string of the molecule is O=c1[nH]c2ccccc2n1C1CCCS(=O)(=O)C1. The molecule has 1 N–H and O–H groups in total. The third-order valence-electron chi connectivity index (χ3n) is 3.43. The summed E-state index contributed by atoms with van der Waals surface area (Å²) >= 11 is 0. The Morgan fingerprint density at radius 1 is 1.28 bits per heavy atom. The van der Waals surface area contributed by atoms with E-state index < -0.39 is 9.84 Å². The van der Waals surface area contributed by atoms with Crippen LogP contribution in [-0.2, 0) is 9.84 Å². The van der Waals surface area contributed by atoms with E-state index in [1.54, 1.807) is 4.57 Å². The van der Waals surface area contributed by atoms with Crippen LogP contribution in [0.15, 0.2) is 29.1 Å². The summed E-state index contributed by atoms with van der Waals surface area (Å²) < 4.78 is 24.9. The van der Waals surface area contributed by atoms with Crippen molar-refractivity contribution >= 4 is 20.9 Å². The number of rotatable bonds is 1. The highest BCUT2D eigenvalue weighted by atomic mass is 32.2. The molecule has 1 fully saturated rings. The predicted octanol–water partition coefficient (Wildman–Crippen LogP) is 1.08. The number of sulfone groups is 1. The second-order valence-corrected chi connectivity index (χ2v) is 6.96. The van der Waals surface area contributed by atoms with Crippen LogP contribution < -0.4 is 5.69 Å². The number of hydrogen-bond acceptors (Lipinski definition) is 3. The number of imidazole rings is 1. The molecule has 1 aromatic heterocycles. The van der Waals surface area contributed by atoms with Gasteiger partial charge in [0.15, 0.2) is 9.84 Å². The summed E-state index contributed by atoms with van der Waals surface area (Å²) in [5.41, 5.74) is 1.31. The molecule has 0 radical (unpaired) electrons. The largest absolute Gasteiger partial charge is 0.326 e. The van der Waals surface area contributed by atoms with Crippen molar-refractivity contribution < 1.29 is 8.42 Å². The molecule has 1 saturated heterocycles. The summed E-state index contributed by atoms with van der Waals surface area (Å²) in [5.74, 6) is 0.301. The maximum Gasteiger partial charge on any atom is 0.326 e. The predicted molar refractivity (Wildman–Crippen MR) is 69.5 cm³/mol. The number of H-pyrrole nitrogens is 1. The number of aromatic nitrogens is 2. The summed E-state index contributed by atoms with van der Waals surface area (Å²) in [6.07, 6.45) is 1.36. The third-order valence-corrected chi connectivity index (χ3v) is 5.23. The lowest BCUT2D eigenvalue weighted by Crippen LogP contribution is -2.32. The topological polar surface area (TPSA) is 71.9 Å². The van der Waals surface area contributed by atoms with Gasteiger partial charge in [-0.3, -0.25) is 4.57 Å². The van der Waals surface area contributed by atoms with Crippen LogP contribution in [0.1, 0.15) is 18.9 Å². The summed E-state index contributed by atoms with van der Waals surface area (Å²) in [4.78, 5) is 14.7. The van der Waals surface area contributed by atoms with Crippen LogP contribution in [0.25, 0.3) is 11.0 Å². The molecule has 1 unspecified atom stereocenters. The smallest absolute Gasteiger partial charge is 0.306 e. The molecule has 0 saturated carbocycles. The summed E-state index contributed by atoms with van der Waals surface area (Å²) in [5, 5.41) is 0. The minimum absolute atomic E-state index is 0.0642. The first-order chi connectivity index (χ1) is 8.57. The van der Waals surface area contributed by atoms with Gasteiger partial charge < -0.3 is 4.98 Å². The number of nitrogens with zero attached hydrogens (tertiary/aromatic N) is 1. The minimum atomic E-state index is -3.02. The molecular formula is C12H14N2O3S. The maximum absolute atomic E-state index is 12.0. The van der Waals surface area contributed by atoms with Crippen molar-refractivity contribution in [1.29, 1.82) is 0 Å². The van der Waals surface area contributed by atoms with Crippen molar-refractivity contribution in [2.45, 2.75) is 18.9 Å². The lowest BCUT2D eigenvalue weighted by molar-refractivity contribution is 0.470. The standard InChI is InChI=1S/C12H14N2O3S/c15-12-13-10-5-1-2-6-11(10)14(12)9-4-3-7-18(16,17)8-9/h1-2,5-6,9H,3-4,7-8H2,(H,13,15). The number of nitrogens with one attached hydrogen (secondary N) is 1. The molecule has 0 bridgehead atoms. The van der Waals surface area contributed by atoms with E-state index in [4.69, 9.17) is 0 Å². The number of para-hydroxylation sites is 2. The Balaban J connectivity index is 2.14. The highest BCUT2D eigenvalue weighted by Gasteiger charge is 2.28. The molecule has 2 aromatic rings. The van der Waals surface area contributed by atoms with Gasteiger partial charge in [0.1, 0.15) is 0 Å². The van der Waals surface area contributed by atoms with Crippen molar-refractivity contribution in [2.24, 2.45) is 0 Å². The zero-order chi connectivity index (χ0) is 12.8. The Morgan fingerprint density at radius 3 is 2.83 bits per heavy atom. The fourth-order valence-electron chi connectivity index (χ4n) is 2.64. The summed E-state index contributed by atoms with van der Waals surface area (Å²) in [7, 11) is -3.02. The van der Waals surface area contributed by atoms with Gasteiger partial charge in [0.05, 0.1) is 28.6 Å². The molecule has 0 amide bonds. The van der Waals surface area contributed by atoms with E-state index >= 15 is 0 Å². The Hall–Kier alpha value is -1.56. The van der Waals surface area contributed by atoms with Crippen molar-refractivity contribution in [3.63, 3.8) is 0 Å². The van der Waals surface area contributed by atoms with Gasteiger partial charge in [-0.2, -0.15) is 0 Å². The number of fused-ring (bicyclic) bond motifs is 1. The van der Waals surface area contributed by atoms with Crippen LogP contribution in [0.4, 0.5) is 0 Å². The zero-order valence-electron chi connectivity index (χ0n) is 9.80. The molecule has 5 nitrogen and oxygen atoms in total. The average Bonchev–Trinajstić information content (AvgIpc) is 2.63. The van der Waals surface area contributed by atoms with Crippen molar-refractivity contribution in [3.8, 4) is 0 Å². The van der Waals surface area contributed by atoms with Crippen molar-refractivity contribution in [1.82, 2.24) is 9.55 Å². The van der Waals surface area contributed by atoms with Gasteiger partial charge in [-0.25, -0.2) is 13.2 Å². The van der Waals surface area contributed by atoms with E-state index in [0.717, 1.165) is 17.5 Å². The Morgan fingerprint density at radius 2 is 2.06 bits per heavy atom. The van der Waals surface area contributed by atoms with E-state index in [1.165, 1.54) is 0 Å². The Labute approximate surface area is 104 Å². The molecule has 3 rings (SSSR count). The van der Waals surface area contributed by atoms with Crippen LogP contribution >= 0.6 is 0 Å². The first-order valence-corrected chi connectivity index (χ1v) is 7.79. The lowest BCUT2D eigenvalue weighted by Gasteiger charge is -2.23.